The Balaban J connectivity index is 1.32. The van der Waals surface area contributed by atoms with Crippen molar-refractivity contribution in [3.05, 3.63) is 34.6 Å². The number of esters is 1. The average Bonchev–Trinajstić information content (AvgIpc) is 3.40. The van der Waals surface area contributed by atoms with Crippen LogP contribution in [0.4, 0.5) is 5.82 Å². The van der Waals surface area contributed by atoms with Crippen molar-refractivity contribution in [2.75, 3.05) is 25.1 Å². The third-order valence-corrected chi connectivity index (χ3v) is 9.60. The number of carbonyl (C=O) groups excluding carboxylic acids is 1. The fourth-order valence-electron chi connectivity index (χ4n) is 7.82. The van der Waals surface area contributed by atoms with Crippen LogP contribution in [-0.2, 0) is 9.53 Å². The lowest BCUT2D eigenvalue weighted by Crippen LogP contribution is -2.52. The molecule has 1 saturated carbocycles. The van der Waals surface area contributed by atoms with Crippen molar-refractivity contribution in [3.63, 3.8) is 0 Å². The Kier molecular flexibility index (Phi) is 6.74. The molecule has 1 aliphatic carbocycles. The van der Waals surface area contributed by atoms with Gasteiger partial charge in [0, 0.05) is 37.3 Å². The van der Waals surface area contributed by atoms with Crippen molar-refractivity contribution in [1.29, 1.82) is 0 Å². The van der Waals surface area contributed by atoms with Crippen LogP contribution in [0, 0.1) is 0 Å². The summed E-state index contributed by atoms with van der Waals surface area (Å²) < 4.78 is 6.98. The summed E-state index contributed by atoms with van der Waals surface area (Å²) in [7, 11) is 1.36. The first-order valence-electron chi connectivity index (χ1n) is 14.4. The van der Waals surface area contributed by atoms with E-state index in [0.29, 0.717) is 36.9 Å². The van der Waals surface area contributed by atoms with Gasteiger partial charge in [-0.1, -0.05) is 44.2 Å². The van der Waals surface area contributed by atoms with Crippen LogP contribution in [0.2, 0.25) is 0 Å². The average molecular weight is 508 g/mol. The van der Waals surface area contributed by atoms with Crippen LogP contribution in [0.15, 0.2) is 29.1 Å². The molecule has 6 rings (SSSR count). The molecule has 0 spiro atoms. The highest BCUT2D eigenvalue weighted by Crippen LogP contribution is 2.44. The van der Waals surface area contributed by atoms with Gasteiger partial charge in [-0.05, 0) is 57.1 Å². The highest BCUT2D eigenvalue weighted by Gasteiger charge is 2.46. The number of aromatic nitrogens is 2. The number of hydrogen-bond donors (Lipinski definition) is 1. The molecule has 1 aromatic heterocycles. The van der Waals surface area contributed by atoms with E-state index in [1.54, 1.807) is 0 Å². The monoisotopic (exact) mass is 507 g/mol. The first-order chi connectivity index (χ1) is 18.0. The molecule has 2 aromatic rings. The third kappa shape index (κ3) is 4.46. The zero-order chi connectivity index (χ0) is 25.6. The fraction of sp³-hybridized carbons (Fsp3) is 0.690. The Bertz CT molecular complexity index is 1190. The number of ether oxygens (including phenoxy) is 1. The topological polar surface area (TPSA) is 93.7 Å². The molecule has 2 N–H and O–H groups in total. The number of nitrogens with zero attached hydrogens (tertiary/aromatic N) is 4. The molecule has 1 aromatic carbocycles. The minimum Gasteiger partial charge on any atom is -0.468 e. The molecule has 37 heavy (non-hydrogen) atoms. The van der Waals surface area contributed by atoms with Crippen molar-refractivity contribution >= 4 is 22.8 Å². The van der Waals surface area contributed by atoms with Gasteiger partial charge in [-0.15, -0.1) is 0 Å². The van der Waals surface area contributed by atoms with E-state index >= 15 is 0 Å². The van der Waals surface area contributed by atoms with Gasteiger partial charge in [-0.3, -0.25) is 9.69 Å². The van der Waals surface area contributed by atoms with Gasteiger partial charge in [-0.25, -0.2) is 9.78 Å². The Hall–Kier alpha value is -2.45. The van der Waals surface area contributed by atoms with E-state index in [4.69, 9.17) is 15.5 Å². The first kappa shape index (κ1) is 24.9. The lowest BCUT2D eigenvalue weighted by Gasteiger charge is -2.45. The van der Waals surface area contributed by atoms with E-state index < -0.39 is 11.5 Å². The number of fused-ring (bicyclic) bond motifs is 3. The van der Waals surface area contributed by atoms with E-state index in [0.717, 1.165) is 23.9 Å². The number of carbonyl (C=O) groups is 1. The summed E-state index contributed by atoms with van der Waals surface area (Å²) in [6.07, 6.45) is 14.5. The summed E-state index contributed by atoms with van der Waals surface area (Å²) in [5.74, 6) is -0.0287. The Morgan fingerprint density at radius 3 is 2.35 bits per heavy atom. The Morgan fingerprint density at radius 2 is 1.65 bits per heavy atom. The lowest BCUT2D eigenvalue weighted by molar-refractivity contribution is -0.146. The van der Waals surface area contributed by atoms with Gasteiger partial charge >= 0.3 is 5.97 Å². The number of anilines is 1. The molecule has 4 fully saturated rings. The van der Waals surface area contributed by atoms with Crippen LogP contribution >= 0.6 is 0 Å². The number of benzene rings is 1. The van der Waals surface area contributed by atoms with Gasteiger partial charge in [0.15, 0.2) is 5.82 Å². The quantitative estimate of drug-likeness (QED) is 0.630. The molecule has 4 atom stereocenters. The van der Waals surface area contributed by atoms with E-state index in [9.17, 15) is 9.59 Å². The number of nitrogens with two attached hydrogens (primary N) is 1. The second-order valence-corrected chi connectivity index (χ2v) is 11.9. The van der Waals surface area contributed by atoms with Crippen LogP contribution < -0.4 is 16.2 Å². The van der Waals surface area contributed by atoms with Crippen LogP contribution in [0.1, 0.15) is 83.1 Å². The highest BCUT2D eigenvalue weighted by molar-refractivity contribution is 5.83. The fourth-order valence-corrected chi connectivity index (χ4v) is 7.82. The molecule has 0 radical (unpaired) electrons. The second-order valence-electron chi connectivity index (χ2n) is 11.9. The molecule has 4 heterocycles. The van der Waals surface area contributed by atoms with Gasteiger partial charge in [0.05, 0.1) is 18.1 Å². The maximum absolute atomic E-state index is 14.1. The van der Waals surface area contributed by atoms with Crippen LogP contribution in [0.3, 0.4) is 0 Å². The van der Waals surface area contributed by atoms with Crippen LogP contribution in [-0.4, -0.2) is 64.3 Å². The van der Waals surface area contributed by atoms with Crippen LogP contribution in [0.5, 0.6) is 0 Å². The van der Waals surface area contributed by atoms with Crippen molar-refractivity contribution in [2.45, 2.75) is 107 Å². The van der Waals surface area contributed by atoms with Gasteiger partial charge in [0.2, 0.25) is 0 Å². The zero-order valence-electron chi connectivity index (χ0n) is 22.1. The van der Waals surface area contributed by atoms with E-state index in [1.807, 2.05) is 33.7 Å². The summed E-state index contributed by atoms with van der Waals surface area (Å²) in [5.41, 5.74) is 6.94. The zero-order valence-corrected chi connectivity index (χ0v) is 22.1. The van der Waals surface area contributed by atoms with E-state index in [-0.39, 0.29) is 18.1 Å². The molecular weight excluding hydrogens is 466 g/mol. The van der Waals surface area contributed by atoms with Crippen LogP contribution in [0.25, 0.3) is 11.0 Å². The predicted octanol–water partition coefficient (Wildman–Crippen LogP) is 3.76. The molecule has 2 bridgehead atoms. The maximum Gasteiger partial charge on any atom is 0.327 e. The summed E-state index contributed by atoms with van der Waals surface area (Å²) in [6.45, 7) is 0.753. The smallest absolute Gasteiger partial charge is 0.327 e. The van der Waals surface area contributed by atoms with E-state index in [1.165, 1.54) is 64.9 Å². The molecule has 200 valence electrons. The lowest BCUT2D eigenvalue weighted by atomic mass is 9.89. The molecule has 8 heteroatoms. The summed E-state index contributed by atoms with van der Waals surface area (Å²) in [6, 6.07) is 9.96. The number of rotatable bonds is 4. The normalized spacial score (nSPS) is 31.4. The number of methoxy groups -OCH3 is 1. The minimum atomic E-state index is -1.11. The van der Waals surface area contributed by atoms with Crippen molar-refractivity contribution in [3.8, 4) is 0 Å². The third-order valence-electron chi connectivity index (χ3n) is 9.60. The van der Waals surface area contributed by atoms with Crippen molar-refractivity contribution in [1.82, 2.24) is 14.5 Å². The van der Waals surface area contributed by atoms with Gasteiger partial charge < -0.3 is 19.9 Å². The molecular formula is C29H41N5O3. The summed E-state index contributed by atoms with van der Waals surface area (Å²) in [4.78, 5) is 36.0. The molecule has 8 nitrogen and oxygen atoms in total. The summed E-state index contributed by atoms with van der Waals surface area (Å²) in [5, 5.41) is 0. The van der Waals surface area contributed by atoms with Gasteiger partial charge in [0.25, 0.3) is 5.56 Å². The molecule has 1 unspecified atom stereocenters. The Labute approximate surface area is 219 Å². The molecule has 0 amide bonds. The number of piperidine rings is 1. The van der Waals surface area contributed by atoms with Gasteiger partial charge in [0.1, 0.15) is 5.54 Å². The highest BCUT2D eigenvalue weighted by atomic mass is 16.5. The largest absolute Gasteiger partial charge is 0.468 e. The standard InChI is InChI=1S/C29H41N5O3/c1-37-28(36)29(30)15-16-32(19-29)26-27(35)34(25-12-8-7-11-24(25)31-26)23-17-21-13-14-22(18-23)33(21)20-9-5-3-2-4-6-10-20/h7-8,11-12,20-23H,2-6,9-10,13-19,30H2,1H3/t21-,22+,23+,29?. The maximum atomic E-state index is 14.1. The minimum absolute atomic E-state index is 0.0587. The van der Waals surface area contributed by atoms with E-state index in [2.05, 4.69) is 4.90 Å². The Morgan fingerprint density at radius 1 is 0.973 bits per heavy atom. The number of hydrogen-bond acceptors (Lipinski definition) is 7. The number of para-hydroxylation sites is 2. The molecule has 4 aliphatic rings. The molecule has 3 aliphatic heterocycles. The first-order valence-corrected chi connectivity index (χ1v) is 14.4. The van der Waals surface area contributed by atoms with Crippen molar-refractivity contribution < 1.29 is 9.53 Å². The molecule has 3 saturated heterocycles. The van der Waals surface area contributed by atoms with Crippen molar-refractivity contribution in [2.24, 2.45) is 5.73 Å². The SMILES string of the molecule is COC(=O)C1(N)CCN(c2nc3ccccc3n([C@H]3C[C@H]4CC[C@@H](C3)N4C3CCCCCCC3)c2=O)C1. The summed E-state index contributed by atoms with van der Waals surface area (Å²) >= 11 is 0. The predicted molar refractivity (Wildman–Crippen MR) is 145 cm³/mol. The van der Waals surface area contributed by atoms with Gasteiger partial charge in [-0.2, -0.15) is 0 Å². The second kappa shape index (κ2) is 10.0.